The summed E-state index contributed by atoms with van der Waals surface area (Å²) in [5, 5.41) is 0. The van der Waals surface area contributed by atoms with E-state index in [0.29, 0.717) is 5.92 Å². The quantitative estimate of drug-likeness (QED) is 0.767. The second-order valence-electron chi connectivity index (χ2n) is 8.22. The molecule has 136 valence electrons. The zero-order valence-electron chi connectivity index (χ0n) is 15.2. The molecule has 5 aliphatic rings. The topological polar surface area (TPSA) is 19.0 Å². The summed E-state index contributed by atoms with van der Waals surface area (Å²) in [5.74, 6) is 1.61. The Morgan fingerprint density at radius 1 is 1.12 bits per heavy atom. The Bertz CT molecular complexity index is 631. The smallest absolute Gasteiger partial charge is 0.0508 e. The molecule has 4 fully saturated rings. The maximum absolute atomic E-state index is 5.35. The Hall–Kier alpha value is -0.750. The normalized spacial score (nSPS) is 34.7. The van der Waals surface area contributed by atoms with Gasteiger partial charge in [-0.15, -0.1) is 0 Å². The first-order chi connectivity index (χ1) is 12.3. The molecule has 1 aromatic rings. The Morgan fingerprint density at radius 2 is 2.00 bits per heavy atom. The first kappa shape index (κ1) is 16.4. The van der Waals surface area contributed by atoms with E-state index in [4.69, 9.17) is 4.74 Å². The van der Waals surface area contributed by atoms with Crippen molar-refractivity contribution in [2.75, 3.05) is 51.3 Å². The monoisotopic (exact) mass is 359 g/mol. The molecule has 5 heteroatoms. The predicted octanol–water partition coefficient (Wildman–Crippen LogP) is 3.08. The SMILES string of the molecule is COCC1CCN(c2ccc3c(c2)SN([C@@H]2CN4CCC2CC4)C3)C1. The number of hydrogen-bond acceptors (Lipinski definition) is 5. The molecule has 0 spiro atoms. The average Bonchev–Trinajstić information content (AvgIpc) is 3.29. The van der Waals surface area contributed by atoms with Crippen LogP contribution in [0.15, 0.2) is 23.1 Å². The highest BCUT2D eigenvalue weighted by molar-refractivity contribution is 7.97. The zero-order chi connectivity index (χ0) is 16.8. The van der Waals surface area contributed by atoms with Crippen molar-refractivity contribution in [2.24, 2.45) is 11.8 Å². The predicted molar refractivity (Wildman–Crippen MR) is 103 cm³/mol. The van der Waals surface area contributed by atoms with E-state index < -0.39 is 0 Å². The molecule has 0 amide bonds. The fraction of sp³-hybridized carbons (Fsp3) is 0.700. The molecule has 5 aliphatic heterocycles. The third-order valence-electron chi connectivity index (χ3n) is 6.64. The standard InChI is InChI=1S/C20H29N3OS/c1-24-14-15-4-9-22(11-15)18-3-2-17-12-23(25-20(17)10-18)19-13-21-7-5-16(19)6-8-21/h2-3,10,15-16,19H,4-9,11-14H2,1H3/t15?,19-/m1/s1. The molecule has 0 N–H and O–H groups in total. The number of benzene rings is 1. The van der Waals surface area contributed by atoms with Gasteiger partial charge < -0.3 is 14.5 Å². The van der Waals surface area contributed by atoms with Gasteiger partial charge in [0, 0.05) is 55.8 Å². The van der Waals surface area contributed by atoms with Crippen molar-refractivity contribution < 1.29 is 4.74 Å². The molecule has 2 atom stereocenters. The number of hydrogen-bond donors (Lipinski definition) is 0. The molecule has 4 nitrogen and oxygen atoms in total. The van der Waals surface area contributed by atoms with Crippen LogP contribution < -0.4 is 4.90 Å². The highest BCUT2D eigenvalue weighted by atomic mass is 32.2. The fourth-order valence-electron chi connectivity index (χ4n) is 5.17. The molecule has 2 bridgehead atoms. The second-order valence-corrected chi connectivity index (χ2v) is 9.31. The van der Waals surface area contributed by atoms with E-state index in [2.05, 4.69) is 32.3 Å². The minimum atomic E-state index is 0.689. The largest absolute Gasteiger partial charge is 0.384 e. The van der Waals surface area contributed by atoms with Gasteiger partial charge >= 0.3 is 0 Å². The van der Waals surface area contributed by atoms with E-state index in [0.717, 1.165) is 31.7 Å². The molecular formula is C20H29N3OS. The molecular weight excluding hydrogens is 330 g/mol. The highest BCUT2D eigenvalue weighted by Gasteiger charge is 2.40. The van der Waals surface area contributed by atoms with Crippen LogP contribution in [0, 0.1) is 11.8 Å². The molecule has 1 unspecified atom stereocenters. The summed E-state index contributed by atoms with van der Waals surface area (Å²) in [4.78, 5) is 6.70. The van der Waals surface area contributed by atoms with Crippen molar-refractivity contribution in [1.29, 1.82) is 0 Å². The Balaban J connectivity index is 1.28. The molecule has 0 aromatic heterocycles. The molecule has 0 aliphatic carbocycles. The summed E-state index contributed by atoms with van der Waals surface area (Å²) in [6, 6.07) is 7.91. The lowest BCUT2D eigenvalue weighted by molar-refractivity contribution is 0.0420. The molecule has 4 saturated heterocycles. The summed E-state index contributed by atoms with van der Waals surface area (Å²) in [5.41, 5.74) is 2.93. The number of rotatable bonds is 4. The van der Waals surface area contributed by atoms with Crippen LogP contribution in [0.25, 0.3) is 0 Å². The van der Waals surface area contributed by atoms with Crippen LogP contribution in [0.2, 0.25) is 0 Å². The minimum Gasteiger partial charge on any atom is -0.384 e. The van der Waals surface area contributed by atoms with Gasteiger partial charge in [-0.1, -0.05) is 6.07 Å². The van der Waals surface area contributed by atoms with Crippen molar-refractivity contribution in [3.63, 3.8) is 0 Å². The highest BCUT2D eigenvalue weighted by Crippen LogP contribution is 2.44. The number of methoxy groups -OCH3 is 1. The van der Waals surface area contributed by atoms with Gasteiger partial charge in [-0.2, -0.15) is 0 Å². The van der Waals surface area contributed by atoms with E-state index in [9.17, 15) is 0 Å². The van der Waals surface area contributed by atoms with Crippen LogP contribution in [0.4, 0.5) is 5.69 Å². The van der Waals surface area contributed by atoms with Crippen LogP contribution in [0.1, 0.15) is 24.8 Å². The fourth-order valence-corrected chi connectivity index (χ4v) is 6.42. The van der Waals surface area contributed by atoms with Gasteiger partial charge in [0.05, 0.1) is 6.61 Å². The first-order valence-corrected chi connectivity index (χ1v) is 10.6. The van der Waals surface area contributed by atoms with Gasteiger partial charge in [0.25, 0.3) is 0 Å². The van der Waals surface area contributed by atoms with Crippen molar-refractivity contribution in [1.82, 2.24) is 9.21 Å². The zero-order valence-corrected chi connectivity index (χ0v) is 16.0. The second kappa shape index (κ2) is 6.76. The number of nitrogens with zero attached hydrogens (tertiary/aromatic N) is 3. The lowest BCUT2D eigenvalue weighted by atomic mass is 9.84. The molecule has 5 heterocycles. The summed E-state index contributed by atoms with van der Waals surface area (Å²) >= 11 is 2.02. The van der Waals surface area contributed by atoms with E-state index in [1.54, 1.807) is 0 Å². The Morgan fingerprint density at radius 3 is 2.76 bits per heavy atom. The molecule has 0 radical (unpaired) electrons. The van der Waals surface area contributed by atoms with E-state index in [1.807, 2.05) is 19.1 Å². The molecule has 1 aromatic carbocycles. The summed E-state index contributed by atoms with van der Waals surface area (Å²) in [6.07, 6.45) is 4.06. The third kappa shape index (κ3) is 3.09. The van der Waals surface area contributed by atoms with Crippen molar-refractivity contribution >= 4 is 17.6 Å². The lowest BCUT2D eigenvalue weighted by Gasteiger charge is -2.47. The summed E-state index contributed by atoms with van der Waals surface area (Å²) in [7, 11) is 1.82. The van der Waals surface area contributed by atoms with E-state index in [1.165, 1.54) is 61.6 Å². The molecule has 25 heavy (non-hydrogen) atoms. The van der Waals surface area contributed by atoms with Crippen molar-refractivity contribution in [3.05, 3.63) is 23.8 Å². The number of fused-ring (bicyclic) bond motifs is 4. The van der Waals surface area contributed by atoms with E-state index in [-0.39, 0.29) is 0 Å². The van der Waals surface area contributed by atoms with Gasteiger partial charge in [-0.05, 0) is 67.9 Å². The number of piperidine rings is 3. The average molecular weight is 360 g/mol. The van der Waals surface area contributed by atoms with Crippen molar-refractivity contribution in [2.45, 2.75) is 36.7 Å². The van der Waals surface area contributed by atoms with Crippen molar-refractivity contribution in [3.8, 4) is 0 Å². The first-order valence-electron chi connectivity index (χ1n) is 9.84. The Labute approximate surface area is 155 Å². The van der Waals surface area contributed by atoms with Crippen LogP contribution in [0.3, 0.4) is 0 Å². The number of anilines is 1. The van der Waals surface area contributed by atoms with Gasteiger partial charge in [-0.25, -0.2) is 4.31 Å². The van der Waals surface area contributed by atoms with Crippen LogP contribution >= 0.6 is 11.9 Å². The van der Waals surface area contributed by atoms with E-state index >= 15 is 0 Å². The van der Waals surface area contributed by atoms with Gasteiger partial charge in [-0.3, -0.25) is 0 Å². The maximum atomic E-state index is 5.35. The Kier molecular flexibility index (Phi) is 4.44. The van der Waals surface area contributed by atoms with Gasteiger partial charge in [0.15, 0.2) is 0 Å². The van der Waals surface area contributed by atoms with Gasteiger partial charge in [0.1, 0.15) is 0 Å². The summed E-state index contributed by atoms with van der Waals surface area (Å²) in [6.45, 7) is 8.26. The third-order valence-corrected chi connectivity index (χ3v) is 7.85. The lowest BCUT2D eigenvalue weighted by Crippen LogP contribution is -2.54. The summed E-state index contributed by atoms with van der Waals surface area (Å²) < 4.78 is 8.03. The van der Waals surface area contributed by atoms with Crippen LogP contribution in [-0.2, 0) is 11.3 Å². The minimum absolute atomic E-state index is 0.689. The van der Waals surface area contributed by atoms with Gasteiger partial charge in [0.2, 0.25) is 0 Å². The number of ether oxygens (including phenoxy) is 1. The molecule has 0 saturated carbocycles. The van der Waals surface area contributed by atoms with Crippen LogP contribution in [0.5, 0.6) is 0 Å². The maximum Gasteiger partial charge on any atom is 0.0508 e. The molecule has 6 rings (SSSR count). The van der Waals surface area contributed by atoms with Crippen LogP contribution in [-0.4, -0.2) is 61.7 Å².